The highest BCUT2D eigenvalue weighted by Gasteiger charge is 2.72. The molecule has 2 aliphatic heterocycles. The van der Waals surface area contributed by atoms with E-state index in [-0.39, 0.29) is 65.8 Å². The molecule has 14 heteroatoms. The maximum atomic E-state index is 14.0. The number of H-pyrrole nitrogens is 1. The largest absolute Gasteiger partial charge is 0.481 e. The highest BCUT2D eigenvalue weighted by Crippen LogP contribution is 2.53. The SMILES string of the molecule is [C-]#[N+]c1cn2[nH]c(C3CCC(N4CCN(C(=O)CCC(=O)O)CC4)C4(C3)NC(=O)C4(CC)Oc3ccc(C)cc3C)nc2c1C(=O)OC1C(C)CC(C)CC1C. The highest BCUT2D eigenvalue weighted by atomic mass is 16.5. The van der Waals surface area contributed by atoms with Gasteiger partial charge < -0.3 is 24.8 Å². The van der Waals surface area contributed by atoms with Crippen LogP contribution in [-0.2, 0) is 19.1 Å². The molecule has 300 valence electrons. The number of benzene rings is 1. The van der Waals surface area contributed by atoms with Crippen molar-refractivity contribution in [2.24, 2.45) is 17.8 Å². The van der Waals surface area contributed by atoms with E-state index >= 15 is 0 Å². The average Bonchev–Trinajstić information content (AvgIpc) is 3.73. The molecule has 2 saturated heterocycles. The topological polar surface area (TPSA) is 163 Å². The summed E-state index contributed by atoms with van der Waals surface area (Å²) in [5.74, 6) is 0.257. The zero-order chi connectivity index (χ0) is 40.1. The molecule has 7 rings (SSSR count). The number of aliphatic carboxylic acids is 1. The predicted octanol–water partition coefficient (Wildman–Crippen LogP) is 5.80. The first-order valence-electron chi connectivity index (χ1n) is 20.2. The minimum Gasteiger partial charge on any atom is -0.481 e. The van der Waals surface area contributed by atoms with Crippen molar-refractivity contribution >= 4 is 35.1 Å². The van der Waals surface area contributed by atoms with Gasteiger partial charge in [-0.3, -0.25) is 28.9 Å². The minimum atomic E-state index is -1.20. The zero-order valence-corrected chi connectivity index (χ0v) is 33.4. The van der Waals surface area contributed by atoms with Crippen LogP contribution >= 0.6 is 0 Å². The van der Waals surface area contributed by atoms with Gasteiger partial charge in [0.2, 0.25) is 17.2 Å². The number of rotatable bonds is 10. The Morgan fingerprint density at radius 3 is 2.39 bits per heavy atom. The number of aromatic amines is 1. The predicted molar refractivity (Wildman–Crippen MR) is 208 cm³/mol. The number of hydrogen-bond donors (Lipinski definition) is 3. The molecule has 14 nitrogen and oxygen atoms in total. The summed E-state index contributed by atoms with van der Waals surface area (Å²) in [5.41, 5.74) is 0.705. The van der Waals surface area contributed by atoms with Crippen molar-refractivity contribution in [2.45, 2.75) is 122 Å². The third-order valence-corrected chi connectivity index (χ3v) is 13.2. The van der Waals surface area contributed by atoms with Crippen molar-refractivity contribution in [2.75, 3.05) is 26.2 Å². The lowest BCUT2D eigenvalue weighted by Crippen LogP contribution is -2.89. The number of fused-ring (bicyclic) bond motifs is 1. The van der Waals surface area contributed by atoms with Crippen molar-refractivity contribution < 1.29 is 33.8 Å². The fourth-order valence-electron chi connectivity index (χ4n) is 10.5. The van der Waals surface area contributed by atoms with E-state index in [1.54, 1.807) is 15.6 Å². The van der Waals surface area contributed by atoms with E-state index in [2.05, 4.69) is 40.9 Å². The number of aromatic nitrogens is 3. The number of nitrogens with zero attached hydrogens (tertiary/aromatic N) is 5. The molecule has 2 amide bonds. The van der Waals surface area contributed by atoms with Crippen LogP contribution in [0.1, 0.15) is 112 Å². The lowest BCUT2D eigenvalue weighted by molar-refractivity contribution is -0.189. The van der Waals surface area contributed by atoms with Gasteiger partial charge in [0.05, 0.1) is 13.0 Å². The first kappa shape index (κ1) is 39.3. The van der Waals surface area contributed by atoms with Crippen LogP contribution in [0, 0.1) is 38.2 Å². The van der Waals surface area contributed by atoms with Crippen LogP contribution in [0.5, 0.6) is 5.75 Å². The van der Waals surface area contributed by atoms with Gasteiger partial charge in [0.25, 0.3) is 5.91 Å². The average molecular weight is 770 g/mol. The number of carbonyl (C=O) groups is 4. The molecule has 2 aliphatic carbocycles. The molecule has 1 aromatic carbocycles. The van der Waals surface area contributed by atoms with Crippen LogP contribution in [0.25, 0.3) is 10.5 Å². The van der Waals surface area contributed by atoms with Gasteiger partial charge in [0, 0.05) is 50.8 Å². The summed E-state index contributed by atoms with van der Waals surface area (Å²) >= 11 is 0. The Balaban J connectivity index is 1.20. The Labute approximate surface area is 328 Å². The summed E-state index contributed by atoms with van der Waals surface area (Å²) in [6.07, 6.45) is 5.43. The van der Waals surface area contributed by atoms with E-state index in [1.807, 2.05) is 39.0 Å². The fraction of sp³-hybridized carbons (Fsp3) is 0.619. The van der Waals surface area contributed by atoms with Gasteiger partial charge >= 0.3 is 11.9 Å². The lowest BCUT2D eigenvalue weighted by atomic mass is 9.56. The normalized spacial score (nSPS) is 30.7. The van der Waals surface area contributed by atoms with Gasteiger partial charge in [-0.2, -0.15) is 0 Å². The van der Waals surface area contributed by atoms with Crippen LogP contribution in [0.3, 0.4) is 0 Å². The lowest BCUT2D eigenvalue weighted by Gasteiger charge is -2.65. The number of aryl methyl sites for hydroxylation is 2. The molecule has 56 heavy (non-hydrogen) atoms. The zero-order valence-electron chi connectivity index (χ0n) is 33.4. The van der Waals surface area contributed by atoms with Gasteiger partial charge in [-0.25, -0.2) is 14.6 Å². The van der Waals surface area contributed by atoms with Gasteiger partial charge in [-0.1, -0.05) is 45.4 Å². The second-order valence-electron chi connectivity index (χ2n) is 17.0. The number of carboxylic acid groups (broad SMARTS) is 1. The first-order chi connectivity index (χ1) is 26.7. The van der Waals surface area contributed by atoms with Crippen molar-refractivity contribution in [3.05, 3.63) is 58.3 Å². The van der Waals surface area contributed by atoms with Crippen molar-refractivity contribution in [1.29, 1.82) is 0 Å². The standard InChI is InChI=1S/C42H55N7O7/c1-8-42(56-31-11-9-24(2)19-26(31)4)40(54)45-41(42)22-29(10-12-32(41)47-15-17-48(18-16-47)33(50)13-14-34(51)52)37-44-38-35(30(43-7)23-49(38)46-37)39(53)55-36-27(5)20-25(3)21-28(36)6/h9,11,19,23,25,27-29,32,36H,8,10,12-18,20-22H2,1-6H3,(H,44,46)(H,45,54)(H,51,52). The molecule has 4 fully saturated rings. The van der Waals surface area contributed by atoms with E-state index in [9.17, 15) is 19.2 Å². The summed E-state index contributed by atoms with van der Waals surface area (Å²) in [6.45, 7) is 22.4. The first-order valence-corrected chi connectivity index (χ1v) is 20.2. The van der Waals surface area contributed by atoms with E-state index < -0.39 is 23.1 Å². The summed E-state index contributed by atoms with van der Waals surface area (Å²) in [6, 6.07) is 5.84. The molecule has 3 N–H and O–H groups in total. The molecule has 0 bridgehead atoms. The Bertz CT molecular complexity index is 2050. The molecule has 1 spiro atoms. The number of nitrogens with one attached hydrogen (secondary N) is 2. The molecule has 6 unspecified atom stereocenters. The van der Waals surface area contributed by atoms with E-state index in [0.717, 1.165) is 30.4 Å². The molecular weight excluding hydrogens is 715 g/mol. The van der Waals surface area contributed by atoms with E-state index in [4.69, 9.17) is 26.1 Å². The van der Waals surface area contributed by atoms with Gasteiger partial charge in [-0.15, -0.1) is 0 Å². The van der Waals surface area contributed by atoms with Gasteiger partial charge in [0.15, 0.2) is 5.65 Å². The van der Waals surface area contributed by atoms with E-state index in [1.165, 1.54) is 0 Å². The molecule has 4 heterocycles. The van der Waals surface area contributed by atoms with Crippen LogP contribution in [0.15, 0.2) is 24.4 Å². The summed E-state index contributed by atoms with van der Waals surface area (Å²) in [5, 5.41) is 15.9. The van der Waals surface area contributed by atoms with E-state index in [0.29, 0.717) is 68.6 Å². The molecule has 4 aliphatic rings. The number of ether oxygens (including phenoxy) is 2. The Morgan fingerprint density at radius 2 is 1.77 bits per heavy atom. The Morgan fingerprint density at radius 1 is 1.05 bits per heavy atom. The molecular formula is C42H55N7O7. The monoisotopic (exact) mass is 769 g/mol. The smallest absolute Gasteiger partial charge is 0.331 e. The highest BCUT2D eigenvalue weighted by molar-refractivity contribution is 6.02. The maximum Gasteiger partial charge on any atom is 0.331 e. The van der Waals surface area contributed by atoms with Crippen molar-refractivity contribution in [3.63, 3.8) is 0 Å². The van der Waals surface area contributed by atoms with Crippen LogP contribution in [0.4, 0.5) is 5.69 Å². The molecule has 0 radical (unpaired) electrons. The number of amides is 2. The number of esters is 1. The third kappa shape index (κ3) is 6.82. The van der Waals surface area contributed by atoms with Gasteiger partial charge in [0.1, 0.15) is 28.8 Å². The Kier molecular flexibility index (Phi) is 10.7. The third-order valence-electron chi connectivity index (χ3n) is 13.2. The number of carbonyl (C=O) groups excluding carboxylic acids is 3. The summed E-state index contributed by atoms with van der Waals surface area (Å²) in [4.78, 5) is 64.6. The molecule has 2 saturated carbocycles. The van der Waals surface area contributed by atoms with Crippen LogP contribution in [0.2, 0.25) is 0 Å². The number of carboxylic acids is 1. The fourth-order valence-corrected chi connectivity index (χ4v) is 10.5. The van der Waals surface area contributed by atoms with Crippen molar-refractivity contribution in [1.82, 2.24) is 29.7 Å². The van der Waals surface area contributed by atoms with Gasteiger partial charge in [-0.05, 0) is 81.8 Å². The number of β-lactam (4-membered cyclic amide) rings is 1. The Hall–Kier alpha value is -4.90. The maximum absolute atomic E-state index is 14.0. The molecule has 3 aromatic rings. The number of piperazine rings is 1. The summed E-state index contributed by atoms with van der Waals surface area (Å²) in [7, 11) is 0. The second-order valence-corrected chi connectivity index (χ2v) is 17.0. The van der Waals surface area contributed by atoms with Crippen molar-refractivity contribution in [3.8, 4) is 5.75 Å². The number of hydrogen-bond acceptors (Lipinski definition) is 8. The molecule has 2 aromatic heterocycles. The quantitative estimate of drug-likeness (QED) is 0.132. The molecule has 6 atom stereocenters. The second kappa shape index (κ2) is 15.2. The van der Waals surface area contributed by atoms with Crippen LogP contribution < -0.4 is 10.1 Å². The summed E-state index contributed by atoms with van der Waals surface area (Å²) < 4.78 is 14.7. The minimum absolute atomic E-state index is 0.0319. The van der Waals surface area contributed by atoms with Crippen LogP contribution in [-0.4, -0.2) is 103 Å².